The maximum absolute atomic E-state index is 14.1. The fourth-order valence-corrected chi connectivity index (χ4v) is 7.26. The Morgan fingerprint density at radius 3 is 2.73 bits per heavy atom. The number of hydrogen-bond donors (Lipinski definition) is 2. The number of guanidine groups is 1. The quantitative estimate of drug-likeness (QED) is 0.336. The summed E-state index contributed by atoms with van der Waals surface area (Å²) in [5, 5.41) is 7.61. The molecule has 1 saturated heterocycles. The van der Waals surface area contributed by atoms with E-state index in [0.717, 1.165) is 49.7 Å². The van der Waals surface area contributed by atoms with Gasteiger partial charge in [0.05, 0.1) is 23.3 Å². The lowest BCUT2D eigenvalue weighted by atomic mass is 9.45. The molecule has 5 atom stereocenters. The van der Waals surface area contributed by atoms with Crippen LogP contribution in [0.3, 0.4) is 0 Å². The molecule has 41 heavy (non-hydrogen) atoms. The number of aryl methyl sites for hydroxylation is 2. The number of nitrogens with zero attached hydrogens (tertiary/aromatic N) is 4. The Kier molecular flexibility index (Phi) is 7.34. The van der Waals surface area contributed by atoms with Gasteiger partial charge in [0, 0.05) is 44.0 Å². The number of halogens is 2. The Morgan fingerprint density at radius 1 is 1.17 bits per heavy atom. The number of anilines is 1. The molecular weight excluding hydrogens is 522 g/mol. The summed E-state index contributed by atoms with van der Waals surface area (Å²) in [7, 11) is 0. The number of benzene rings is 2. The molecule has 0 spiro atoms. The van der Waals surface area contributed by atoms with Crippen molar-refractivity contribution in [2.24, 2.45) is 28.2 Å². The minimum atomic E-state index is -0.617. The molecule has 4 aliphatic rings. The lowest BCUT2D eigenvalue weighted by Crippen LogP contribution is -2.57. The van der Waals surface area contributed by atoms with Gasteiger partial charge >= 0.3 is 0 Å². The molecule has 3 saturated carbocycles. The van der Waals surface area contributed by atoms with Gasteiger partial charge in [-0.3, -0.25) is 9.36 Å². The Balaban J connectivity index is 1.23. The Bertz CT molecular complexity index is 1530. The molecular formula is C32H40F2N6O. The van der Waals surface area contributed by atoms with E-state index < -0.39 is 11.6 Å². The summed E-state index contributed by atoms with van der Waals surface area (Å²) >= 11 is 0. The van der Waals surface area contributed by atoms with Gasteiger partial charge in [-0.05, 0) is 79.2 Å². The van der Waals surface area contributed by atoms with Gasteiger partial charge in [0.25, 0.3) is 5.56 Å². The average Bonchev–Trinajstić information content (AvgIpc) is 2.94. The van der Waals surface area contributed by atoms with E-state index in [-0.39, 0.29) is 24.6 Å². The highest BCUT2D eigenvalue weighted by atomic mass is 19.1. The van der Waals surface area contributed by atoms with Crippen molar-refractivity contribution in [1.29, 1.82) is 0 Å². The minimum absolute atomic E-state index is 0.188. The van der Waals surface area contributed by atoms with E-state index in [2.05, 4.69) is 48.2 Å². The van der Waals surface area contributed by atoms with Crippen molar-refractivity contribution in [3.63, 3.8) is 0 Å². The zero-order valence-electron chi connectivity index (χ0n) is 24.3. The van der Waals surface area contributed by atoms with Crippen molar-refractivity contribution in [2.45, 2.75) is 65.6 Å². The van der Waals surface area contributed by atoms with Crippen LogP contribution in [0, 0.1) is 34.8 Å². The molecule has 0 radical (unpaired) electrons. The highest BCUT2D eigenvalue weighted by molar-refractivity contribution is 5.96. The van der Waals surface area contributed by atoms with Crippen molar-refractivity contribution in [3.05, 3.63) is 70.3 Å². The van der Waals surface area contributed by atoms with Gasteiger partial charge < -0.3 is 15.5 Å². The van der Waals surface area contributed by atoms with Gasteiger partial charge in [0.15, 0.2) is 5.96 Å². The molecule has 2 N–H and O–H groups in total. The number of aromatic nitrogens is 2. The topological polar surface area (TPSA) is 74.5 Å². The fraction of sp³-hybridized carbons (Fsp3) is 0.531. The standard InChI is InChI=1S/C32H40F2N6O/c1-19-17-39(12-10-35-19)31(38-28-14-22-13-26(20(28)2)32(22,3)4)37-24-7-8-25-29(16-24)36-18-40(30(25)41)11-9-21-5-6-23(33)15-27(21)34/h5-8,15-16,18-20,22,26,28,35H,9-14,17H2,1-4H3,(H,37,38). The van der Waals surface area contributed by atoms with E-state index in [0.29, 0.717) is 39.8 Å². The predicted octanol–water partition coefficient (Wildman–Crippen LogP) is 5.05. The van der Waals surface area contributed by atoms with E-state index in [4.69, 9.17) is 4.99 Å². The van der Waals surface area contributed by atoms with Crippen molar-refractivity contribution in [1.82, 2.24) is 19.8 Å². The van der Waals surface area contributed by atoms with Gasteiger partial charge in [-0.15, -0.1) is 0 Å². The largest absolute Gasteiger partial charge is 0.340 e. The molecule has 3 aromatic rings. The monoisotopic (exact) mass is 562 g/mol. The summed E-state index contributed by atoms with van der Waals surface area (Å²) in [4.78, 5) is 25.4. The first-order chi connectivity index (χ1) is 19.6. The summed E-state index contributed by atoms with van der Waals surface area (Å²) in [6, 6.07) is 9.75. The zero-order chi connectivity index (χ0) is 28.9. The lowest BCUT2D eigenvalue weighted by Gasteiger charge is -2.61. The first-order valence-corrected chi connectivity index (χ1v) is 14.9. The highest BCUT2D eigenvalue weighted by Crippen LogP contribution is 2.61. The molecule has 218 valence electrons. The van der Waals surface area contributed by atoms with Gasteiger partial charge in [0.1, 0.15) is 11.6 Å². The third-order valence-corrected chi connectivity index (χ3v) is 9.99. The maximum Gasteiger partial charge on any atom is 0.261 e. The average molecular weight is 563 g/mol. The number of nitrogens with one attached hydrogen (secondary N) is 2. The number of fused-ring (bicyclic) bond motifs is 3. The van der Waals surface area contributed by atoms with Crippen LogP contribution < -0.4 is 16.2 Å². The van der Waals surface area contributed by atoms with E-state index in [1.807, 2.05) is 12.1 Å². The molecule has 2 bridgehead atoms. The molecule has 5 unspecified atom stereocenters. The zero-order valence-corrected chi connectivity index (χ0v) is 24.3. The Hall–Kier alpha value is -3.33. The second kappa shape index (κ2) is 10.8. The van der Waals surface area contributed by atoms with Crippen LogP contribution in [0.15, 0.2) is 52.5 Å². The summed E-state index contributed by atoms with van der Waals surface area (Å²) in [5.41, 5.74) is 2.01. The van der Waals surface area contributed by atoms with Gasteiger partial charge in [-0.25, -0.2) is 18.8 Å². The molecule has 2 aromatic carbocycles. The predicted molar refractivity (Wildman–Crippen MR) is 159 cm³/mol. The van der Waals surface area contributed by atoms with E-state index >= 15 is 0 Å². The third kappa shape index (κ3) is 5.36. The minimum Gasteiger partial charge on any atom is -0.340 e. The molecule has 0 amide bonds. The van der Waals surface area contributed by atoms with E-state index in [1.54, 1.807) is 6.07 Å². The van der Waals surface area contributed by atoms with Crippen LogP contribution in [0.5, 0.6) is 0 Å². The van der Waals surface area contributed by atoms with Crippen LogP contribution in [0.1, 0.15) is 46.1 Å². The van der Waals surface area contributed by atoms with Crippen LogP contribution in [0.2, 0.25) is 0 Å². The smallest absolute Gasteiger partial charge is 0.261 e. The van der Waals surface area contributed by atoms with Crippen LogP contribution in [-0.2, 0) is 13.0 Å². The van der Waals surface area contributed by atoms with Crippen LogP contribution in [0.25, 0.3) is 10.9 Å². The molecule has 9 heteroatoms. The third-order valence-electron chi connectivity index (χ3n) is 9.99. The molecule has 1 aromatic heterocycles. The van der Waals surface area contributed by atoms with Crippen molar-refractivity contribution in [2.75, 3.05) is 25.0 Å². The summed E-state index contributed by atoms with van der Waals surface area (Å²) < 4.78 is 28.8. The number of aliphatic imine (C=N–C) groups is 1. The number of rotatable bonds is 5. The van der Waals surface area contributed by atoms with E-state index in [9.17, 15) is 13.6 Å². The van der Waals surface area contributed by atoms with Crippen molar-refractivity contribution >= 4 is 22.5 Å². The Morgan fingerprint density at radius 2 is 2.00 bits per heavy atom. The Labute approximate surface area is 240 Å². The van der Waals surface area contributed by atoms with Crippen LogP contribution >= 0.6 is 0 Å². The molecule has 1 aliphatic heterocycles. The SMILES string of the molecule is CC1CN(C(=NC2CC3CC(C2C)C3(C)C)Nc2ccc3c(=O)n(CCc4ccc(F)cc4F)cnc3c2)CCN1. The van der Waals surface area contributed by atoms with E-state index in [1.165, 1.54) is 29.4 Å². The molecule has 2 heterocycles. The van der Waals surface area contributed by atoms with Crippen LogP contribution in [-0.4, -0.2) is 52.1 Å². The van der Waals surface area contributed by atoms with Crippen LogP contribution in [0.4, 0.5) is 14.5 Å². The van der Waals surface area contributed by atoms with Crippen molar-refractivity contribution in [3.8, 4) is 0 Å². The normalized spacial score (nSPS) is 27.5. The summed E-state index contributed by atoms with van der Waals surface area (Å²) in [5.74, 6) is 1.64. The second-order valence-corrected chi connectivity index (χ2v) is 12.9. The molecule has 7 nitrogen and oxygen atoms in total. The fourth-order valence-electron chi connectivity index (χ4n) is 7.26. The lowest BCUT2D eigenvalue weighted by molar-refractivity contribution is -0.108. The van der Waals surface area contributed by atoms with Gasteiger partial charge in [0.2, 0.25) is 0 Å². The first kappa shape index (κ1) is 27.8. The molecule has 7 rings (SSSR count). The maximum atomic E-state index is 14.1. The second-order valence-electron chi connectivity index (χ2n) is 12.9. The summed E-state index contributed by atoms with van der Waals surface area (Å²) in [6.07, 6.45) is 4.21. The summed E-state index contributed by atoms with van der Waals surface area (Å²) in [6.45, 7) is 12.3. The number of hydrogen-bond acceptors (Lipinski definition) is 4. The molecule has 4 fully saturated rings. The van der Waals surface area contributed by atoms with Crippen molar-refractivity contribution < 1.29 is 8.78 Å². The van der Waals surface area contributed by atoms with Gasteiger partial charge in [-0.1, -0.05) is 26.8 Å². The first-order valence-electron chi connectivity index (χ1n) is 14.9. The molecule has 3 aliphatic carbocycles. The number of piperazine rings is 1. The van der Waals surface area contributed by atoms with Gasteiger partial charge in [-0.2, -0.15) is 0 Å². The highest BCUT2D eigenvalue weighted by Gasteiger charge is 2.56.